The molecular weight excluding hydrogens is 336 g/mol. The van der Waals surface area contributed by atoms with Crippen molar-refractivity contribution in [2.75, 3.05) is 20.3 Å². The molecular formula is C19H34O5Si. The summed E-state index contributed by atoms with van der Waals surface area (Å²) in [5, 5.41) is 0. The Morgan fingerprint density at radius 2 is 1.56 bits per heavy atom. The number of carbonyl (C=O) groups is 1. The lowest BCUT2D eigenvalue weighted by Gasteiger charge is -2.45. The van der Waals surface area contributed by atoms with Gasteiger partial charge in [0.1, 0.15) is 0 Å². The Bertz CT molecular complexity index is 496. The molecule has 2 aliphatic rings. The summed E-state index contributed by atoms with van der Waals surface area (Å²) in [5.41, 5.74) is 1.95. The highest BCUT2D eigenvalue weighted by Gasteiger charge is 2.50. The van der Waals surface area contributed by atoms with Crippen molar-refractivity contribution in [3.63, 3.8) is 0 Å². The third-order valence-electron chi connectivity index (χ3n) is 5.77. The molecule has 1 spiro atoms. The Kier molecular flexibility index (Phi) is 6.38. The van der Waals surface area contributed by atoms with Crippen LogP contribution >= 0.6 is 0 Å². The third-order valence-corrected chi connectivity index (χ3v) is 11.8. The SMILES string of the molecule is COC(=O)C1=C(O[Si](C(C)C)(C(C)C)C(C)C)CCC2(C1)OCCO2. The van der Waals surface area contributed by atoms with E-state index in [4.69, 9.17) is 18.6 Å². The van der Waals surface area contributed by atoms with Gasteiger partial charge in [-0.05, 0) is 16.6 Å². The fourth-order valence-corrected chi connectivity index (χ4v) is 10.0. The molecule has 0 aromatic carbocycles. The molecule has 0 aromatic rings. The molecule has 2 rings (SSSR count). The first-order chi connectivity index (χ1) is 11.7. The van der Waals surface area contributed by atoms with Crippen LogP contribution in [0.1, 0.15) is 60.8 Å². The monoisotopic (exact) mass is 370 g/mol. The molecule has 1 aliphatic carbocycles. The van der Waals surface area contributed by atoms with Crippen molar-refractivity contribution in [3.8, 4) is 0 Å². The number of allylic oxidation sites excluding steroid dienone is 1. The minimum atomic E-state index is -2.11. The molecule has 0 aromatic heterocycles. The van der Waals surface area contributed by atoms with Crippen molar-refractivity contribution in [2.45, 2.75) is 83.2 Å². The number of esters is 1. The Hall–Kier alpha value is -0.853. The van der Waals surface area contributed by atoms with Crippen LogP contribution in [-0.2, 0) is 23.4 Å². The standard InChI is InChI=1S/C19H34O5Si/c1-13(2)25(14(3)4,15(5)6)24-17-8-9-19(22-10-11-23-19)12-16(17)18(20)21-7/h13-15H,8-12H2,1-7H3. The fourth-order valence-electron chi connectivity index (χ4n) is 4.64. The van der Waals surface area contributed by atoms with E-state index < -0.39 is 14.1 Å². The zero-order chi connectivity index (χ0) is 18.8. The predicted octanol–water partition coefficient (Wildman–Crippen LogP) is 4.53. The van der Waals surface area contributed by atoms with Crippen molar-refractivity contribution in [1.82, 2.24) is 0 Å². The quantitative estimate of drug-likeness (QED) is 0.508. The maximum Gasteiger partial charge on any atom is 0.337 e. The van der Waals surface area contributed by atoms with Gasteiger partial charge in [-0.1, -0.05) is 41.5 Å². The fraction of sp³-hybridized carbons (Fsp3) is 0.842. The minimum absolute atomic E-state index is 0.327. The van der Waals surface area contributed by atoms with Crippen molar-refractivity contribution >= 4 is 14.3 Å². The topological polar surface area (TPSA) is 54.0 Å². The number of methoxy groups -OCH3 is 1. The first kappa shape index (κ1) is 20.5. The highest BCUT2D eigenvalue weighted by atomic mass is 28.4. The van der Waals surface area contributed by atoms with Gasteiger partial charge in [0.2, 0.25) is 0 Å². The smallest absolute Gasteiger partial charge is 0.337 e. The molecule has 144 valence electrons. The van der Waals surface area contributed by atoms with E-state index in [1.807, 2.05) is 0 Å². The van der Waals surface area contributed by atoms with Crippen LogP contribution in [0.4, 0.5) is 0 Å². The molecule has 0 N–H and O–H groups in total. The van der Waals surface area contributed by atoms with E-state index in [1.54, 1.807) is 0 Å². The van der Waals surface area contributed by atoms with Gasteiger partial charge < -0.3 is 18.6 Å². The first-order valence-corrected chi connectivity index (χ1v) is 11.6. The minimum Gasteiger partial charge on any atom is -0.545 e. The summed E-state index contributed by atoms with van der Waals surface area (Å²) in [6, 6.07) is 0. The molecule has 0 unspecified atom stereocenters. The van der Waals surface area contributed by atoms with Crippen LogP contribution in [0, 0.1) is 0 Å². The highest BCUT2D eigenvalue weighted by molar-refractivity contribution is 6.77. The zero-order valence-corrected chi connectivity index (χ0v) is 17.8. The van der Waals surface area contributed by atoms with Gasteiger partial charge in [-0.15, -0.1) is 0 Å². The Balaban J connectivity index is 2.41. The maximum absolute atomic E-state index is 12.5. The summed E-state index contributed by atoms with van der Waals surface area (Å²) >= 11 is 0. The van der Waals surface area contributed by atoms with Crippen LogP contribution in [0.5, 0.6) is 0 Å². The van der Waals surface area contributed by atoms with Crippen LogP contribution in [0.25, 0.3) is 0 Å². The molecule has 0 amide bonds. The summed E-state index contributed by atoms with van der Waals surface area (Å²) in [7, 11) is -0.695. The van der Waals surface area contributed by atoms with Crippen LogP contribution in [-0.4, -0.2) is 40.4 Å². The second-order valence-corrected chi connectivity index (χ2v) is 13.5. The predicted molar refractivity (Wildman–Crippen MR) is 99.7 cm³/mol. The molecule has 1 fully saturated rings. The normalized spacial score (nSPS) is 20.9. The Labute approximate surface area is 153 Å². The Morgan fingerprint density at radius 3 is 2.00 bits per heavy atom. The van der Waals surface area contributed by atoms with E-state index >= 15 is 0 Å². The molecule has 1 heterocycles. The van der Waals surface area contributed by atoms with Gasteiger partial charge in [-0.25, -0.2) is 4.79 Å². The lowest BCUT2D eigenvalue weighted by molar-refractivity contribution is -0.169. The summed E-state index contributed by atoms with van der Waals surface area (Å²) in [6.45, 7) is 14.6. The van der Waals surface area contributed by atoms with Gasteiger partial charge in [0.15, 0.2) is 5.79 Å². The van der Waals surface area contributed by atoms with Gasteiger partial charge in [0, 0.05) is 19.3 Å². The number of carbonyl (C=O) groups excluding carboxylic acids is 1. The van der Waals surface area contributed by atoms with Crippen molar-refractivity contribution in [3.05, 3.63) is 11.3 Å². The lowest BCUT2D eigenvalue weighted by Crippen LogP contribution is -2.48. The molecule has 1 saturated heterocycles. The molecule has 6 heteroatoms. The maximum atomic E-state index is 12.5. The molecule has 1 aliphatic heterocycles. The highest BCUT2D eigenvalue weighted by Crippen LogP contribution is 2.47. The molecule has 0 radical (unpaired) electrons. The van der Waals surface area contributed by atoms with E-state index in [0.29, 0.717) is 48.3 Å². The number of rotatable bonds is 6. The molecule has 0 bridgehead atoms. The van der Waals surface area contributed by atoms with Gasteiger partial charge >= 0.3 is 5.97 Å². The molecule has 0 saturated carbocycles. The average Bonchev–Trinajstić information content (AvgIpc) is 3.00. The van der Waals surface area contributed by atoms with Crippen molar-refractivity contribution in [1.29, 1.82) is 0 Å². The number of ether oxygens (including phenoxy) is 3. The van der Waals surface area contributed by atoms with E-state index in [2.05, 4.69) is 41.5 Å². The van der Waals surface area contributed by atoms with Crippen LogP contribution < -0.4 is 0 Å². The third kappa shape index (κ3) is 3.81. The lowest BCUT2D eigenvalue weighted by atomic mass is 9.92. The van der Waals surface area contributed by atoms with Crippen molar-refractivity contribution in [2.24, 2.45) is 0 Å². The average molecular weight is 371 g/mol. The summed E-state index contributed by atoms with van der Waals surface area (Å²) in [5.74, 6) is -0.194. The van der Waals surface area contributed by atoms with Crippen LogP contribution in [0.3, 0.4) is 0 Å². The van der Waals surface area contributed by atoms with Gasteiger partial charge in [0.25, 0.3) is 8.32 Å². The molecule has 25 heavy (non-hydrogen) atoms. The van der Waals surface area contributed by atoms with Crippen LogP contribution in [0.2, 0.25) is 16.6 Å². The largest absolute Gasteiger partial charge is 0.545 e. The molecule has 5 nitrogen and oxygen atoms in total. The van der Waals surface area contributed by atoms with E-state index in [1.165, 1.54) is 7.11 Å². The summed E-state index contributed by atoms with van der Waals surface area (Å²) in [6.07, 6.45) is 1.79. The van der Waals surface area contributed by atoms with E-state index in [0.717, 1.165) is 12.2 Å². The Morgan fingerprint density at radius 1 is 1.04 bits per heavy atom. The van der Waals surface area contributed by atoms with Crippen molar-refractivity contribution < 1.29 is 23.4 Å². The number of hydrogen-bond donors (Lipinski definition) is 0. The van der Waals surface area contributed by atoms with Crippen LogP contribution in [0.15, 0.2) is 11.3 Å². The first-order valence-electron chi connectivity index (χ1n) is 9.45. The van der Waals surface area contributed by atoms with E-state index in [-0.39, 0.29) is 5.97 Å². The summed E-state index contributed by atoms with van der Waals surface area (Å²) in [4.78, 5) is 12.5. The van der Waals surface area contributed by atoms with Gasteiger partial charge in [-0.3, -0.25) is 0 Å². The second-order valence-electron chi connectivity index (χ2n) is 8.10. The van der Waals surface area contributed by atoms with E-state index in [9.17, 15) is 4.79 Å². The molecule has 0 atom stereocenters. The zero-order valence-electron chi connectivity index (χ0n) is 16.8. The van der Waals surface area contributed by atoms with Gasteiger partial charge in [0.05, 0.1) is 31.7 Å². The summed E-state index contributed by atoms with van der Waals surface area (Å²) < 4.78 is 23.5. The number of hydrogen-bond acceptors (Lipinski definition) is 5. The van der Waals surface area contributed by atoms with Gasteiger partial charge in [-0.2, -0.15) is 0 Å². The second kappa shape index (κ2) is 7.80.